The highest BCUT2D eigenvalue weighted by Gasteiger charge is 2.40. The van der Waals surface area contributed by atoms with Crippen molar-refractivity contribution >= 4 is 23.5 Å². The Balaban J connectivity index is 2.19. The van der Waals surface area contributed by atoms with Gasteiger partial charge in [0.05, 0.1) is 6.61 Å². The maximum Gasteiger partial charge on any atom is 0.316 e. The zero-order chi connectivity index (χ0) is 19.1. The Morgan fingerprint density at radius 3 is 2.58 bits per heavy atom. The molecule has 1 aromatic carbocycles. The molecule has 0 radical (unpaired) electrons. The Bertz CT molecular complexity index is 657. The fourth-order valence-electron chi connectivity index (χ4n) is 3.38. The largest absolute Gasteiger partial charge is 0.481 e. The molecule has 2 atom stereocenters. The fraction of sp³-hybridized carbons (Fsp3) is 0.550. The second-order valence-electron chi connectivity index (χ2n) is 6.55. The summed E-state index contributed by atoms with van der Waals surface area (Å²) in [6.07, 6.45) is 4.00. The Labute approximate surface area is 154 Å². The average molecular weight is 361 g/mol. The Hall–Kier alpha value is -2.37. The average Bonchev–Trinajstić information content (AvgIpc) is 3.01. The SMILES string of the molecule is CCCCCCC(C(=O)O)C(=O)N1CC(C(=O)OCC)c2ccccc21. The van der Waals surface area contributed by atoms with E-state index in [0.717, 1.165) is 24.8 Å². The number of carboxylic acids is 1. The summed E-state index contributed by atoms with van der Waals surface area (Å²) in [6, 6.07) is 7.13. The van der Waals surface area contributed by atoms with Crippen molar-refractivity contribution < 1.29 is 24.2 Å². The van der Waals surface area contributed by atoms with Crippen molar-refractivity contribution in [2.45, 2.75) is 51.9 Å². The van der Waals surface area contributed by atoms with Gasteiger partial charge in [0.2, 0.25) is 5.91 Å². The molecule has 0 fully saturated rings. The van der Waals surface area contributed by atoms with E-state index in [9.17, 15) is 19.5 Å². The summed E-state index contributed by atoms with van der Waals surface area (Å²) in [6.45, 7) is 4.21. The summed E-state index contributed by atoms with van der Waals surface area (Å²) >= 11 is 0. The minimum atomic E-state index is -1.11. The Morgan fingerprint density at radius 1 is 1.19 bits per heavy atom. The molecule has 0 aromatic heterocycles. The monoisotopic (exact) mass is 361 g/mol. The van der Waals surface area contributed by atoms with E-state index < -0.39 is 23.7 Å². The first-order valence-electron chi connectivity index (χ1n) is 9.30. The molecular formula is C20H27NO5. The molecule has 1 aromatic rings. The third kappa shape index (κ3) is 4.42. The predicted octanol–water partition coefficient (Wildman–Crippen LogP) is 3.35. The second kappa shape index (κ2) is 9.36. The molecule has 6 nitrogen and oxygen atoms in total. The summed E-state index contributed by atoms with van der Waals surface area (Å²) < 4.78 is 5.12. The van der Waals surface area contributed by atoms with Crippen LogP contribution in [0.3, 0.4) is 0 Å². The number of esters is 1. The number of hydrogen-bond donors (Lipinski definition) is 1. The number of para-hydroxylation sites is 1. The lowest BCUT2D eigenvalue weighted by Crippen LogP contribution is -2.39. The number of ether oxygens (including phenoxy) is 1. The molecule has 2 unspecified atom stereocenters. The summed E-state index contributed by atoms with van der Waals surface area (Å²) in [5.74, 6) is -3.59. The van der Waals surface area contributed by atoms with Gasteiger partial charge >= 0.3 is 11.9 Å². The van der Waals surface area contributed by atoms with E-state index in [0.29, 0.717) is 18.5 Å². The molecule has 0 saturated carbocycles. The Morgan fingerprint density at radius 2 is 1.92 bits per heavy atom. The normalized spacial score (nSPS) is 16.8. The molecular weight excluding hydrogens is 334 g/mol. The highest BCUT2D eigenvalue weighted by atomic mass is 16.5. The standard InChI is InChI=1S/C20H27NO5/c1-3-5-6-7-11-15(19(23)24)18(22)21-13-16(20(25)26-4-2)14-10-8-9-12-17(14)21/h8-10,12,15-16H,3-7,11,13H2,1-2H3,(H,23,24). The Kier molecular flexibility index (Phi) is 7.18. The summed E-state index contributed by atoms with van der Waals surface area (Å²) in [7, 11) is 0. The highest BCUT2D eigenvalue weighted by molar-refractivity contribution is 6.08. The summed E-state index contributed by atoms with van der Waals surface area (Å²) in [4.78, 5) is 38.3. The van der Waals surface area contributed by atoms with Gasteiger partial charge in [-0.25, -0.2) is 0 Å². The molecule has 142 valence electrons. The number of anilines is 1. The first-order chi connectivity index (χ1) is 12.5. The van der Waals surface area contributed by atoms with Crippen LogP contribution < -0.4 is 4.90 Å². The number of hydrogen-bond acceptors (Lipinski definition) is 4. The van der Waals surface area contributed by atoms with Gasteiger partial charge in [-0.15, -0.1) is 0 Å². The zero-order valence-electron chi connectivity index (χ0n) is 15.4. The third-order valence-corrected chi connectivity index (χ3v) is 4.75. The van der Waals surface area contributed by atoms with Crippen molar-refractivity contribution in [2.24, 2.45) is 5.92 Å². The lowest BCUT2D eigenvalue weighted by atomic mass is 9.99. The van der Waals surface area contributed by atoms with E-state index in [-0.39, 0.29) is 19.1 Å². The molecule has 1 aliphatic heterocycles. The first kappa shape index (κ1) is 19.9. The van der Waals surface area contributed by atoms with Gasteiger partial charge in [-0.1, -0.05) is 50.8 Å². The molecule has 6 heteroatoms. The first-order valence-corrected chi connectivity index (χ1v) is 9.30. The van der Waals surface area contributed by atoms with Crippen molar-refractivity contribution in [3.8, 4) is 0 Å². The van der Waals surface area contributed by atoms with Crippen LogP contribution in [0, 0.1) is 5.92 Å². The van der Waals surface area contributed by atoms with Gasteiger partial charge < -0.3 is 14.7 Å². The molecule has 1 amide bonds. The van der Waals surface area contributed by atoms with Crippen molar-refractivity contribution in [1.82, 2.24) is 0 Å². The van der Waals surface area contributed by atoms with Crippen LogP contribution in [0.2, 0.25) is 0 Å². The topological polar surface area (TPSA) is 83.9 Å². The highest BCUT2D eigenvalue weighted by Crippen LogP contribution is 2.38. The molecule has 2 rings (SSSR count). The molecule has 1 N–H and O–H groups in total. The van der Waals surface area contributed by atoms with Gasteiger partial charge in [-0.05, 0) is 25.0 Å². The van der Waals surface area contributed by atoms with Crippen LogP contribution in [0.4, 0.5) is 5.69 Å². The van der Waals surface area contributed by atoms with Crippen LogP contribution in [-0.4, -0.2) is 36.1 Å². The van der Waals surface area contributed by atoms with E-state index in [4.69, 9.17) is 4.74 Å². The molecule has 1 aliphatic rings. The maximum atomic E-state index is 12.9. The van der Waals surface area contributed by atoms with Crippen LogP contribution in [0.25, 0.3) is 0 Å². The third-order valence-electron chi connectivity index (χ3n) is 4.75. The lowest BCUT2D eigenvalue weighted by Gasteiger charge is -2.22. The van der Waals surface area contributed by atoms with Crippen LogP contribution in [0.1, 0.15) is 57.4 Å². The lowest BCUT2D eigenvalue weighted by molar-refractivity contribution is -0.146. The number of carbonyl (C=O) groups excluding carboxylic acids is 2. The van der Waals surface area contributed by atoms with Crippen LogP contribution in [0.5, 0.6) is 0 Å². The summed E-state index contributed by atoms with van der Waals surface area (Å²) in [5, 5.41) is 9.53. The van der Waals surface area contributed by atoms with Gasteiger partial charge in [0.25, 0.3) is 0 Å². The van der Waals surface area contributed by atoms with E-state index in [1.807, 2.05) is 0 Å². The number of nitrogens with zero attached hydrogens (tertiary/aromatic N) is 1. The van der Waals surface area contributed by atoms with Crippen LogP contribution in [-0.2, 0) is 19.1 Å². The quantitative estimate of drug-likeness (QED) is 0.414. The molecule has 0 bridgehead atoms. The van der Waals surface area contributed by atoms with E-state index in [1.165, 1.54) is 4.90 Å². The minimum absolute atomic E-state index is 0.135. The molecule has 26 heavy (non-hydrogen) atoms. The maximum absolute atomic E-state index is 12.9. The van der Waals surface area contributed by atoms with E-state index in [1.54, 1.807) is 31.2 Å². The molecule has 0 aliphatic carbocycles. The number of amides is 1. The molecule has 0 saturated heterocycles. The zero-order valence-corrected chi connectivity index (χ0v) is 15.4. The summed E-state index contributed by atoms with van der Waals surface area (Å²) in [5.41, 5.74) is 1.32. The van der Waals surface area contributed by atoms with Gasteiger partial charge in [0, 0.05) is 12.2 Å². The number of unbranched alkanes of at least 4 members (excludes halogenated alkanes) is 3. The number of benzene rings is 1. The molecule has 1 heterocycles. The van der Waals surface area contributed by atoms with Crippen molar-refractivity contribution in [2.75, 3.05) is 18.1 Å². The van der Waals surface area contributed by atoms with Gasteiger partial charge in [-0.3, -0.25) is 14.4 Å². The second-order valence-corrected chi connectivity index (χ2v) is 6.55. The number of carbonyl (C=O) groups is 3. The number of fused-ring (bicyclic) bond motifs is 1. The van der Waals surface area contributed by atoms with Crippen molar-refractivity contribution in [3.05, 3.63) is 29.8 Å². The molecule has 0 spiro atoms. The van der Waals surface area contributed by atoms with E-state index >= 15 is 0 Å². The van der Waals surface area contributed by atoms with Gasteiger partial charge in [0.1, 0.15) is 11.8 Å². The number of carboxylic acid groups (broad SMARTS) is 1. The van der Waals surface area contributed by atoms with Gasteiger partial charge in [-0.2, -0.15) is 0 Å². The van der Waals surface area contributed by atoms with E-state index in [2.05, 4.69) is 6.92 Å². The van der Waals surface area contributed by atoms with Crippen molar-refractivity contribution in [1.29, 1.82) is 0 Å². The van der Waals surface area contributed by atoms with Crippen molar-refractivity contribution in [3.63, 3.8) is 0 Å². The smallest absolute Gasteiger partial charge is 0.316 e. The van der Waals surface area contributed by atoms with Crippen LogP contribution in [0.15, 0.2) is 24.3 Å². The number of rotatable bonds is 9. The van der Waals surface area contributed by atoms with Gasteiger partial charge in [0.15, 0.2) is 0 Å². The fourth-order valence-corrected chi connectivity index (χ4v) is 3.38. The minimum Gasteiger partial charge on any atom is -0.481 e. The number of aliphatic carboxylic acids is 1. The van der Waals surface area contributed by atoms with Crippen LogP contribution >= 0.6 is 0 Å². The predicted molar refractivity (Wildman–Crippen MR) is 98.1 cm³/mol.